The molecular weight excluding hydrogens is 160 g/mol. The molecule has 2 aliphatic rings. The Bertz CT molecular complexity index is 331. The van der Waals surface area contributed by atoms with Gasteiger partial charge in [0.05, 0.1) is 12.5 Å². The van der Waals surface area contributed by atoms with Gasteiger partial charge in [-0.2, -0.15) is 0 Å². The molecule has 0 atom stereocenters. The van der Waals surface area contributed by atoms with E-state index >= 15 is 0 Å². The van der Waals surface area contributed by atoms with Crippen LogP contribution in [0.4, 0.5) is 0 Å². The van der Waals surface area contributed by atoms with Gasteiger partial charge in [-0.25, -0.2) is 0 Å². The summed E-state index contributed by atoms with van der Waals surface area (Å²) in [6, 6.07) is 0. The van der Waals surface area contributed by atoms with Gasteiger partial charge in [0.1, 0.15) is 0 Å². The third-order valence-electron chi connectivity index (χ3n) is 1.87. The lowest BCUT2D eigenvalue weighted by molar-refractivity contribution is 0.398. The first-order valence-electron chi connectivity index (χ1n) is 4.21. The topological polar surface area (TPSA) is 9.23 Å². The summed E-state index contributed by atoms with van der Waals surface area (Å²) in [7, 11) is 0. The van der Waals surface area contributed by atoms with E-state index in [4.69, 9.17) is 4.74 Å². The van der Waals surface area contributed by atoms with Crippen LogP contribution in [0.2, 0.25) is 0 Å². The molecule has 0 aromatic carbocycles. The Balaban J connectivity index is 2.37. The third-order valence-corrected chi connectivity index (χ3v) is 1.87. The van der Waals surface area contributed by atoms with E-state index in [1.807, 2.05) is 36.5 Å². The highest BCUT2D eigenvalue weighted by molar-refractivity contribution is 5.49. The van der Waals surface area contributed by atoms with Crippen molar-refractivity contribution in [3.05, 3.63) is 72.3 Å². The van der Waals surface area contributed by atoms with Crippen molar-refractivity contribution >= 4 is 0 Å². The number of rotatable bonds is 0. The van der Waals surface area contributed by atoms with Gasteiger partial charge in [-0.1, -0.05) is 36.5 Å². The maximum atomic E-state index is 4.96. The van der Waals surface area contributed by atoms with Crippen molar-refractivity contribution in [2.75, 3.05) is 0 Å². The Hall–Kier alpha value is -1.76. The molecule has 0 bridgehead atoms. The van der Waals surface area contributed by atoms with Crippen LogP contribution in [0.15, 0.2) is 72.3 Å². The van der Waals surface area contributed by atoms with E-state index < -0.39 is 0 Å². The van der Waals surface area contributed by atoms with Crippen LogP contribution in [-0.4, -0.2) is 0 Å². The van der Waals surface area contributed by atoms with Crippen molar-refractivity contribution in [2.24, 2.45) is 0 Å². The molecule has 0 N–H and O–H groups in total. The molecule has 1 heteroatoms. The van der Waals surface area contributed by atoms with E-state index in [2.05, 4.69) is 12.2 Å². The van der Waals surface area contributed by atoms with Crippen LogP contribution in [0.1, 0.15) is 0 Å². The zero-order valence-electron chi connectivity index (χ0n) is 7.18. The van der Waals surface area contributed by atoms with E-state index in [0.29, 0.717) is 0 Å². The molecule has 0 radical (unpaired) electrons. The van der Waals surface area contributed by atoms with Gasteiger partial charge in [-0.3, -0.25) is 0 Å². The number of hydrogen-bond acceptors (Lipinski definition) is 1. The lowest BCUT2D eigenvalue weighted by Gasteiger charge is -2.03. The quantitative estimate of drug-likeness (QED) is 0.543. The van der Waals surface area contributed by atoms with E-state index in [9.17, 15) is 0 Å². The normalized spacial score (nSPS) is 19.1. The van der Waals surface area contributed by atoms with E-state index in [1.165, 1.54) is 11.1 Å². The average molecular weight is 170 g/mol. The number of hydrogen-bond donors (Lipinski definition) is 0. The van der Waals surface area contributed by atoms with Gasteiger partial charge in [-0.05, 0) is 23.3 Å². The standard InChI is InChI=1S/C12H10O/c1-2-4-6-11(5-3-1)12-7-9-13-10-8-12/h1-10H. The molecule has 2 rings (SSSR count). The van der Waals surface area contributed by atoms with Crippen molar-refractivity contribution in [1.29, 1.82) is 0 Å². The summed E-state index contributed by atoms with van der Waals surface area (Å²) in [5.41, 5.74) is 2.36. The summed E-state index contributed by atoms with van der Waals surface area (Å²) in [4.78, 5) is 0. The fourth-order valence-corrected chi connectivity index (χ4v) is 1.21. The molecule has 0 amide bonds. The van der Waals surface area contributed by atoms with Gasteiger partial charge in [0.2, 0.25) is 0 Å². The van der Waals surface area contributed by atoms with Crippen LogP contribution >= 0.6 is 0 Å². The third kappa shape index (κ3) is 1.88. The lowest BCUT2D eigenvalue weighted by Crippen LogP contribution is -1.85. The zero-order valence-corrected chi connectivity index (χ0v) is 7.18. The Kier molecular flexibility index (Phi) is 2.28. The summed E-state index contributed by atoms with van der Waals surface area (Å²) >= 11 is 0. The SMILES string of the molecule is C1=CC=CC(=C2C=COC=C2)C=C1. The molecule has 0 unspecified atom stereocenters. The van der Waals surface area contributed by atoms with Crippen molar-refractivity contribution < 1.29 is 4.74 Å². The molecule has 0 fully saturated rings. The first-order chi connectivity index (χ1) is 6.47. The number of ether oxygens (including phenoxy) is 1. The number of allylic oxidation sites excluding steroid dienone is 10. The first kappa shape index (κ1) is 7.87. The zero-order chi connectivity index (χ0) is 8.93. The summed E-state index contributed by atoms with van der Waals surface area (Å²) in [5.74, 6) is 0. The van der Waals surface area contributed by atoms with Crippen LogP contribution in [0.3, 0.4) is 0 Å². The summed E-state index contributed by atoms with van der Waals surface area (Å²) in [6.45, 7) is 0. The monoisotopic (exact) mass is 170 g/mol. The predicted octanol–water partition coefficient (Wildman–Crippen LogP) is 3.02. The van der Waals surface area contributed by atoms with E-state index in [-0.39, 0.29) is 0 Å². The summed E-state index contributed by atoms with van der Waals surface area (Å²) in [6.07, 6.45) is 19.5. The maximum Gasteiger partial charge on any atom is 0.0907 e. The van der Waals surface area contributed by atoms with Crippen molar-refractivity contribution in [1.82, 2.24) is 0 Å². The Morgan fingerprint density at radius 3 is 1.77 bits per heavy atom. The van der Waals surface area contributed by atoms with Gasteiger partial charge >= 0.3 is 0 Å². The first-order valence-corrected chi connectivity index (χ1v) is 4.21. The van der Waals surface area contributed by atoms with Gasteiger partial charge in [0.15, 0.2) is 0 Å². The molecule has 0 spiro atoms. The molecule has 0 aromatic heterocycles. The van der Waals surface area contributed by atoms with Crippen LogP contribution in [-0.2, 0) is 4.74 Å². The van der Waals surface area contributed by atoms with Crippen molar-refractivity contribution in [3.8, 4) is 0 Å². The van der Waals surface area contributed by atoms with E-state index in [1.54, 1.807) is 12.5 Å². The fraction of sp³-hybridized carbons (Fsp3) is 0. The minimum Gasteiger partial charge on any atom is -0.473 e. The molecule has 1 heterocycles. The highest BCUT2D eigenvalue weighted by Crippen LogP contribution is 2.16. The van der Waals surface area contributed by atoms with Crippen molar-refractivity contribution in [3.63, 3.8) is 0 Å². The second-order valence-corrected chi connectivity index (χ2v) is 2.76. The molecule has 0 aromatic rings. The fourth-order valence-electron chi connectivity index (χ4n) is 1.21. The summed E-state index contributed by atoms with van der Waals surface area (Å²) < 4.78 is 4.96. The highest BCUT2D eigenvalue weighted by atomic mass is 16.5. The molecule has 0 saturated carbocycles. The van der Waals surface area contributed by atoms with Crippen LogP contribution < -0.4 is 0 Å². The Labute approximate surface area is 77.7 Å². The van der Waals surface area contributed by atoms with Gasteiger partial charge in [0.25, 0.3) is 0 Å². The molecule has 64 valence electrons. The van der Waals surface area contributed by atoms with Crippen molar-refractivity contribution in [2.45, 2.75) is 0 Å². The summed E-state index contributed by atoms with van der Waals surface area (Å²) in [5, 5.41) is 0. The molecule has 0 saturated heterocycles. The van der Waals surface area contributed by atoms with Crippen LogP contribution in [0.25, 0.3) is 0 Å². The second-order valence-electron chi connectivity index (χ2n) is 2.76. The predicted molar refractivity (Wildman–Crippen MR) is 53.8 cm³/mol. The Morgan fingerprint density at radius 2 is 1.15 bits per heavy atom. The van der Waals surface area contributed by atoms with E-state index in [0.717, 1.165) is 0 Å². The average Bonchev–Trinajstić information content (AvgIpc) is 2.47. The smallest absolute Gasteiger partial charge is 0.0907 e. The minimum absolute atomic E-state index is 1.17. The largest absolute Gasteiger partial charge is 0.473 e. The molecular formula is C12H10O. The van der Waals surface area contributed by atoms with Crippen LogP contribution in [0, 0.1) is 0 Å². The lowest BCUT2D eigenvalue weighted by atomic mass is 10.1. The molecule has 1 nitrogen and oxygen atoms in total. The second kappa shape index (κ2) is 3.76. The maximum absolute atomic E-state index is 4.96. The van der Waals surface area contributed by atoms with Gasteiger partial charge < -0.3 is 4.74 Å². The van der Waals surface area contributed by atoms with Crippen LogP contribution in [0.5, 0.6) is 0 Å². The molecule has 1 aliphatic carbocycles. The highest BCUT2D eigenvalue weighted by Gasteiger charge is 1.98. The Morgan fingerprint density at radius 1 is 0.615 bits per heavy atom. The molecule has 13 heavy (non-hydrogen) atoms. The van der Waals surface area contributed by atoms with Gasteiger partial charge in [0, 0.05) is 0 Å². The minimum atomic E-state index is 1.17. The van der Waals surface area contributed by atoms with Gasteiger partial charge in [-0.15, -0.1) is 0 Å². The molecule has 1 aliphatic heterocycles.